The number of benzene rings is 1. The van der Waals surface area contributed by atoms with Gasteiger partial charge in [-0.05, 0) is 50.9 Å². The molecule has 1 aromatic rings. The van der Waals surface area contributed by atoms with E-state index in [0.717, 1.165) is 44.2 Å². The Balaban J connectivity index is 0.000000932. The summed E-state index contributed by atoms with van der Waals surface area (Å²) in [6, 6.07) is 3.98. The number of aromatic hydroxyl groups is 1. The zero-order chi connectivity index (χ0) is 20.1. The van der Waals surface area contributed by atoms with E-state index in [4.69, 9.17) is 9.47 Å². The summed E-state index contributed by atoms with van der Waals surface area (Å²) < 4.78 is 12.9. The number of phenols is 1. The first-order chi connectivity index (χ1) is 13.5. The topological polar surface area (TPSA) is 59.0 Å². The van der Waals surface area contributed by atoms with E-state index in [2.05, 4.69) is 18.9 Å². The number of carbonyl (C=O) groups excluding carboxylic acids is 1. The van der Waals surface area contributed by atoms with Gasteiger partial charge in [-0.1, -0.05) is 33.3 Å². The zero-order valence-corrected chi connectivity index (χ0v) is 17.6. The predicted molar refractivity (Wildman–Crippen MR) is 108 cm³/mol. The minimum absolute atomic E-state index is 0.153. The molecule has 2 fully saturated rings. The Labute approximate surface area is 168 Å². The van der Waals surface area contributed by atoms with E-state index in [9.17, 15) is 9.90 Å². The number of hydrogen-bond acceptors (Lipinski definition) is 5. The monoisotopic (exact) mass is 387 g/mol. The summed E-state index contributed by atoms with van der Waals surface area (Å²) in [7, 11) is 2.18. The normalized spacial score (nSPS) is 34.9. The highest BCUT2D eigenvalue weighted by molar-refractivity contribution is 5.90. The van der Waals surface area contributed by atoms with Crippen LogP contribution in [0.2, 0.25) is 0 Å². The number of carbonyl (C=O) groups is 1. The van der Waals surface area contributed by atoms with Gasteiger partial charge in [0.05, 0.1) is 11.0 Å². The van der Waals surface area contributed by atoms with Crippen molar-refractivity contribution in [1.29, 1.82) is 0 Å². The van der Waals surface area contributed by atoms with Gasteiger partial charge in [-0.3, -0.25) is 4.79 Å². The number of unbranched alkanes of at least 4 members (excludes halogenated alkanes) is 1. The van der Waals surface area contributed by atoms with Crippen LogP contribution in [0, 0.1) is 0 Å². The Morgan fingerprint density at radius 2 is 2.11 bits per heavy atom. The fourth-order valence-electron chi connectivity index (χ4n) is 6.20. The molecular weight excluding hydrogens is 354 g/mol. The summed E-state index contributed by atoms with van der Waals surface area (Å²) in [6.07, 6.45) is 4.56. The van der Waals surface area contributed by atoms with Crippen LogP contribution in [-0.4, -0.2) is 53.7 Å². The van der Waals surface area contributed by atoms with Gasteiger partial charge in [0.25, 0.3) is 0 Å². The summed E-state index contributed by atoms with van der Waals surface area (Å²) in [5.74, 6) is 0.848. The van der Waals surface area contributed by atoms with Gasteiger partial charge in [0.1, 0.15) is 0 Å². The molecule has 4 atom stereocenters. The molecule has 1 saturated heterocycles. The molecular formula is C23H33NO4. The number of phenolic OH excluding ortho intramolecular Hbond substituents is 1. The fourth-order valence-corrected chi connectivity index (χ4v) is 6.20. The second kappa shape index (κ2) is 7.03. The average molecular weight is 388 g/mol. The molecule has 2 aliphatic carbocycles. The second-order valence-electron chi connectivity index (χ2n) is 8.43. The predicted octanol–water partition coefficient (Wildman–Crippen LogP) is 3.60. The van der Waals surface area contributed by atoms with E-state index in [1.165, 1.54) is 5.56 Å². The van der Waals surface area contributed by atoms with Crippen LogP contribution >= 0.6 is 0 Å². The van der Waals surface area contributed by atoms with Crippen LogP contribution in [0.3, 0.4) is 0 Å². The van der Waals surface area contributed by atoms with Crippen LogP contribution < -0.4 is 4.74 Å². The van der Waals surface area contributed by atoms with Crippen LogP contribution in [0.25, 0.3) is 0 Å². The molecule has 5 heteroatoms. The summed E-state index contributed by atoms with van der Waals surface area (Å²) in [5, 5.41) is 10.5. The van der Waals surface area contributed by atoms with Crippen molar-refractivity contribution in [2.24, 2.45) is 0 Å². The fraction of sp³-hybridized carbons (Fsp3) is 0.696. The number of rotatable bonds is 4. The van der Waals surface area contributed by atoms with Gasteiger partial charge < -0.3 is 19.5 Å². The molecule has 5 nitrogen and oxygen atoms in total. The molecule has 0 amide bonds. The third kappa shape index (κ3) is 2.29. The van der Waals surface area contributed by atoms with Crippen molar-refractivity contribution in [3.63, 3.8) is 0 Å². The molecule has 0 aromatic heterocycles. The van der Waals surface area contributed by atoms with Crippen molar-refractivity contribution in [2.45, 2.75) is 82.5 Å². The molecule has 2 bridgehead atoms. The Hall–Kier alpha value is -1.59. The van der Waals surface area contributed by atoms with Gasteiger partial charge in [-0.15, -0.1) is 0 Å². The van der Waals surface area contributed by atoms with E-state index in [-0.39, 0.29) is 17.6 Å². The lowest BCUT2D eigenvalue weighted by molar-refractivity contribution is -0.210. The van der Waals surface area contributed by atoms with E-state index in [1.807, 2.05) is 19.9 Å². The molecule has 0 radical (unpaired) electrons. The van der Waals surface area contributed by atoms with Gasteiger partial charge in [-0.25, -0.2) is 0 Å². The maximum absolute atomic E-state index is 12.9. The Bertz CT molecular complexity index is 778. The van der Waals surface area contributed by atoms with E-state index < -0.39 is 17.1 Å². The number of likely N-dealkylation sites (N-methyl/N-ethyl adjacent to an activating group) is 1. The summed E-state index contributed by atoms with van der Waals surface area (Å²) in [6.45, 7) is 7.81. The number of likely N-dealkylation sites (tertiary alicyclic amines) is 1. The number of nitrogens with zero attached hydrogens (tertiary/aromatic N) is 1. The van der Waals surface area contributed by atoms with Crippen LogP contribution in [0.1, 0.15) is 64.0 Å². The molecule has 2 aliphatic heterocycles. The Morgan fingerprint density at radius 1 is 1.32 bits per heavy atom. The first-order valence-electron chi connectivity index (χ1n) is 10.9. The second-order valence-corrected chi connectivity index (χ2v) is 8.43. The number of Topliss-reactive ketones (excluding diaryl/α,β-unsaturated/α-hetero) is 1. The smallest absolute Gasteiger partial charge is 0.174 e. The number of piperidine rings is 1. The molecule has 154 valence electrons. The third-order valence-electron chi connectivity index (χ3n) is 7.34. The molecule has 1 N–H and O–H groups in total. The Kier molecular flexibility index (Phi) is 4.95. The van der Waals surface area contributed by atoms with Crippen LogP contribution in [0.4, 0.5) is 0 Å². The number of ether oxygens (including phenoxy) is 2. The van der Waals surface area contributed by atoms with Gasteiger partial charge >= 0.3 is 0 Å². The van der Waals surface area contributed by atoms with Gasteiger partial charge in [0.15, 0.2) is 23.4 Å². The van der Waals surface area contributed by atoms with Gasteiger partial charge in [0, 0.05) is 24.6 Å². The lowest BCUT2D eigenvalue weighted by Gasteiger charge is -2.64. The quantitative estimate of drug-likeness (QED) is 0.800. The molecule has 28 heavy (non-hydrogen) atoms. The third-order valence-corrected chi connectivity index (χ3v) is 7.34. The molecule has 5 rings (SSSR count). The summed E-state index contributed by atoms with van der Waals surface area (Å²) in [4.78, 5) is 15.3. The number of hydrogen-bond donors (Lipinski definition) is 1. The van der Waals surface area contributed by atoms with Crippen LogP contribution in [0.5, 0.6) is 11.5 Å². The van der Waals surface area contributed by atoms with Gasteiger partial charge in [-0.2, -0.15) is 0 Å². The lowest BCUT2D eigenvalue weighted by atomic mass is 9.49. The van der Waals surface area contributed by atoms with E-state index in [0.29, 0.717) is 18.8 Å². The SMILES string of the molecule is CC.CCCCO[C@@]12CCC(=O)[C@@H]3Oc4c(O)ccc5c4[C@@]31CCN(C)C2C5. The van der Waals surface area contributed by atoms with Crippen LogP contribution in [-0.2, 0) is 21.4 Å². The van der Waals surface area contributed by atoms with Crippen molar-refractivity contribution in [1.82, 2.24) is 4.90 Å². The van der Waals surface area contributed by atoms with E-state index >= 15 is 0 Å². The maximum atomic E-state index is 12.9. The van der Waals surface area contributed by atoms with Crippen molar-refractivity contribution in [2.75, 3.05) is 20.2 Å². The maximum Gasteiger partial charge on any atom is 0.174 e. The van der Waals surface area contributed by atoms with Crippen LogP contribution in [0.15, 0.2) is 12.1 Å². The minimum atomic E-state index is -0.517. The largest absolute Gasteiger partial charge is 0.504 e. The molecule has 1 spiro atoms. The standard InChI is InChI=1S/C21H27NO4.C2H6/c1-3-4-11-25-21-8-7-15(24)19-20(21)9-10-22(2)16(21)12-13-5-6-14(23)18(26-19)17(13)20;1-2/h5-6,16,19,23H,3-4,7-12H2,1-2H3;1-2H3/t16?,19-,20-,21+;/m0./s1. The lowest BCUT2D eigenvalue weighted by Crippen LogP contribution is -2.77. The zero-order valence-electron chi connectivity index (χ0n) is 17.6. The molecule has 1 unspecified atom stereocenters. The summed E-state index contributed by atoms with van der Waals surface area (Å²) >= 11 is 0. The highest BCUT2D eigenvalue weighted by atomic mass is 16.5. The van der Waals surface area contributed by atoms with Crippen molar-refractivity contribution in [3.05, 3.63) is 23.3 Å². The molecule has 4 aliphatic rings. The van der Waals surface area contributed by atoms with Crippen molar-refractivity contribution >= 4 is 5.78 Å². The molecule has 1 saturated carbocycles. The first kappa shape index (κ1) is 19.7. The summed E-state index contributed by atoms with van der Waals surface area (Å²) in [5.41, 5.74) is 1.42. The van der Waals surface area contributed by atoms with E-state index in [1.54, 1.807) is 6.07 Å². The highest BCUT2D eigenvalue weighted by Crippen LogP contribution is 2.65. The Morgan fingerprint density at radius 3 is 2.86 bits per heavy atom. The first-order valence-corrected chi connectivity index (χ1v) is 10.9. The van der Waals surface area contributed by atoms with Crippen molar-refractivity contribution in [3.8, 4) is 11.5 Å². The van der Waals surface area contributed by atoms with Crippen molar-refractivity contribution < 1.29 is 19.4 Å². The minimum Gasteiger partial charge on any atom is -0.504 e. The molecule has 1 aromatic carbocycles. The van der Waals surface area contributed by atoms with Gasteiger partial charge in [0.2, 0.25) is 0 Å². The highest BCUT2D eigenvalue weighted by Gasteiger charge is 2.73. The molecule has 2 heterocycles. The average Bonchev–Trinajstić information content (AvgIpc) is 3.07. The number of ketones is 1.